The van der Waals surface area contributed by atoms with Crippen LogP contribution in [-0.4, -0.2) is 0 Å². The van der Waals surface area contributed by atoms with Crippen molar-refractivity contribution in [1.82, 2.24) is 0 Å². The average Bonchev–Trinajstić information content (AvgIpc) is 3.77. The first kappa shape index (κ1) is 75.5. The molecule has 0 radical (unpaired) electrons. The lowest BCUT2D eigenvalue weighted by Gasteiger charge is -2.28. The van der Waals surface area contributed by atoms with Crippen LogP contribution in [0.3, 0.4) is 0 Å². The molecule has 0 aromatic carbocycles. The smallest absolute Gasteiger partial charge is 0.0383 e. The zero-order valence-electron chi connectivity index (χ0n) is 50.6. The van der Waals surface area contributed by atoms with Crippen molar-refractivity contribution < 1.29 is 0 Å². The minimum Gasteiger partial charge on any atom is -0.0654 e. The Hall–Kier alpha value is 0. The second-order valence-electron chi connectivity index (χ2n) is 23.8. The molecule has 3 rings (SSSR count). The first-order valence-corrected chi connectivity index (χ1v) is 30.2. The minimum absolute atomic E-state index is 0.550. The van der Waals surface area contributed by atoms with Crippen molar-refractivity contribution in [2.45, 2.75) is 358 Å². The highest BCUT2D eigenvalue weighted by Crippen LogP contribution is 2.32. The molecule has 396 valence electrons. The first-order chi connectivity index (χ1) is 30.2. The standard InChI is InChI=1S/C8H16.2C7H14.6C7H16/c1-7(2)8-5-3-4-6-8;1-6(2)7-4-3-5-7;1-7-5-3-2-4-6-7;1-5-6-7(2,3)4;2*1-4-5-6-7(2)3;1-4-6-7(3)5-2;1-4-7(5-2)6-3;1-3-5-7-6-4-2/h7-8H,3-6H2,1-2H3;6-7H,3-5H2,1-2H3;7H,2-6H2,1H3;5-6H2,1-4H3;4*7H,4-6H2,1-3H3;3-7H2,1-2H3/t;;;;;;7-;;/m......1../s1. The molecule has 64 heavy (non-hydrogen) atoms. The lowest BCUT2D eigenvalue weighted by atomic mass is 9.78. The van der Waals surface area contributed by atoms with E-state index < -0.39 is 0 Å². The van der Waals surface area contributed by atoms with Crippen molar-refractivity contribution in [1.29, 1.82) is 0 Å². The maximum Gasteiger partial charge on any atom is -0.0383 e. The Morgan fingerprint density at radius 2 is 0.734 bits per heavy atom. The van der Waals surface area contributed by atoms with Crippen molar-refractivity contribution in [3.63, 3.8) is 0 Å². The van der Waals surface area contributed by atoms with Gasteiger partial charge in [0.15, 0.2) is 0 Å². The van der Waals surface area contributed by atoms with Crippen LogP contribution in [0.5, 0.6) is 0 Å². The lowest BCUT2D eigenvalue weighted by molar-refractivity contribution is 0.235. The fourth-order valence-corrected chi connectivity index (χ4v) is 8.25. The van der Waals surface area contributed by atoms with Gasteiger partial charge in [0.05, 0.1) is 0 Å². The Labute approximate surface area is 415 Å². The van der Waals surface area contributed by atoms with E-state index in [9.17, 15) is 0 Å². The fourth-order valence-electron chi connectivity index (χ4n) is 8.25. The van der Waals surface area contributed by atoms with Gasteiger partial charge < -0.3 is 0 Å². The molecule has 0 amide bonds. The Morgan fingerprint density at radius 3 is 0.859 bits per heavy atom. The van der Waals surface area contributed by atoms with Crippen LogP contribution in [0.4, 0.5) is 0 Å². The van der Waals surface area contributed by atoms with Crippen molar-refractivity contribution >= 4 is 0 Å². The maximum absolute atomic E-state index is 2.36. The summed E-state index contributed by atoms with van der Waals surface area (Å²) in [6, 6.07) is 0. The molecule has 0 bridgehead atoms. The van der Waals surface area contributed by atoms with E-state index in [0.29, 0.717) is 5.41 Å². The molecule has 3 aliphatic rings. The van der Waals surface area contributed by atoms with Gasteiger partial charge in [0.1, 0.15) is 0 Å². The zero-order chi connectivity index (χ0) is 50.6. The van der Waals surface area contributed by atoms with Crippen molar-refractivity contribution in [2.24, 2.45) is 58.7 Å². The summed E-state index contributed by atoms with van der Waals surface area (Å²) in [5.41, 5.74) is 0.550. The van der Waals surface area contributed by atoms with Crippen LogP contribution in [0.15, 0.2) is 0 Å². The molecule has 0 aliphatic heterocycles. The van der Waals surface area contributed by atoms with Gasteiger partial charge in [0.25, 0.3) is 0 Å². The molecular formula is C64H140. The van der Waals surface area contributed by atoms with E-state index in [1.54, 1.807) is 0 Å². The molecule has 0 aromatic heterocycles. The number of hydrogen-bond acceptors (Lipinski definition) is 0. The number of unbranched alkanes of at least 4 members (excludes halogenated alkanes) is 6. The molecule has 0 heterocycles. The summed E-state index contributed by atoms with van der Waals surface area (Å²) < 4.78 is 0. The molecule has 0 spiro atoms. The third-order valence-corrected chi connectivity index (χ3v) is 14.0. The average molecular weight is 910 g/mol. The maximum atomic E-state index is 2.36. The molecule has 0 unspecified atom stereocenters. The molecule has 3 saturated carbocycles. The predicted octanol–water partition coefficient (Wildman–Crippen LogP) is 25.0. The van der Waals surface area contributed by atoms with Crippen LogP contribution >= 0.6 is 0 Å². The Morgan fingerprint density at radius 1 is 0.375 bits per heavy atom. The van der Waals surface area contributed by atoms with Gasteiger partial charge in [-0.1, -0.05) is 352 Å². The monoisotopic (exact) mass is 909 g/mol. The molecule has 1 atom stereocenters. The SMILES string of the molecule is CC(C)C1CCC1.CC(C)C1CCCC1.CC1CCCCC1.CCC(CC)CC.CCCC(C)(C)C.CCCCC(C)C.CCCCC(C)C.CCCCCCC.CCC[C@H](C)CC. The Kier molecular flexibility index (Phi) is 69.8. The molecule has 3 fully saturated rings. The third-order valence-electron chi connectivity index (χ3n) is 14.0. The third kappa shape index (κ3) is 73.6. The molecule has 0 N–H and O–H groups in total. The highest BCUT2D eigenvalue weighted by atomic mass is 14.3. The fraction of sp³-hybridized carbons (Fsp3) is 1.00. The molecular weight excluding hydrogens is 769 g/mol. The van der Waals surface area contributed by atoms with E-state index in [0.717, 1.165) is 53.3 Å². The highest BCUT2D eigenvalue weighted by Gasteiger charge is 2.20. The zero-order valence-corrected chi connectivity index (χ0v) is 50.6. The largest absolute Gasteiger partial charge is 0.0654 e. The van der Waals surface area contributed by atoms with Crippen LogP contribution in [-0.2, 0) is 0 Å². The van der Waals surface area contributed by atoms with Crippen LogP contribution in [0.1, 0.15) is 358 Å². The van der Waals surface area contributed by atoms with Crippen LogP contribution in [0.25, 0.3) is 0 Å². The van der Waals surface area contributed by atoms with Gasteiger partial charge in [-0.3, -0.25) is 0 Å². The van der Waals surface area contributed by atoms with Crippen molar-refractivity contribution in [3.8, 4) is 0 Å². The summed E-state index contributed by atoms with van der Waals surface area (Å²) in [6.45, 7) is 52.4. The summed E-state index contributed by atoms with van der Waals surface area (Å²) in [6.07, 6.45) is 44.0. The van der Waals surface area contributed by atoms with Gasteiger partial charge in [0, 0.05) is 0 Å². The quantitative estimate of drug-likeness (QED) is 0.113. The van der Waals surface area contributed by atoms with E-state index in [1.807, 2.05) is 0 Å². The molecule has 0 aromatic rings. The predicted molar refractivity (Wildman–Crippen MR) is 307 cm³/mol. The summed E-state index contributed by atoms with van der Waals surface area (Å²) in [5, 5.41) is 0. The van der Waals surface area contributed by atoms with Gasteiger partial charge in [-0.05, 0) is 65.1 Å². The topological polar surface area (TPSA) is 0 Å². The normalized spacial score (nSPS) is 15.4. The van der Waals surface area contributed by atoms with Gasteiger partial charge in [0.2, 0.25) is 0 Å². The van der Waals surface area contributed by atoms with E-state index in [2.05, 4.69) is 159 Å². The summed E-state index contributed by atoms with van der Waals surface area (Å²) in [4.78, 5) is 0. The van der Waals surface area contributed by atoms with Crippen LogP contribution in [0.2, 0.25) is 0 Å². The molecule has 0 nitrogen and oxygen atoms in total. The molecule has 0 heteroatoms. The lowest BCUT2D eigenvalue weighted by Crippen LogP contribution is -2.16. The van der Waals surface area contributed by atoms with Gasteiger partial charge in [-0.15, -0.1) is 0 Å². The Balaban J connectivity index is -0.000000148. The molecule has 3 aliphatic carbocycles. The van der Waals surface area contributed by atoms with E-state index >= 15 is 0 Å². The van der Waals surface area contributed by atoms with Gasteiger partial charge in [-0.25, -0.2) is 0 Å². The summed E-state index contributed by atoms with van der Waals surface area (Å²) in [5.74, 6) is 8.82. The highest BCUT2D eigenvalue weighted by molar-refractivity contribution is 4.71. The van der Waals surface area contributed by atoms with E-state index in [1.165, 1.54) is 199 Å². The van der Waals surface area contributed by atoms with E-state index in [4.69, 9.17) is 0 Å². The Bertz CT molecular complexity index is 703. The van der Waals surface area contributed by atoms with Crippen LogP contribution < -0.4 is 0 Å². The molecule has 0 saturated heterocycles. The summed E-state index contributed by atoms with van der Waals surface area (Å²) in [7, 11) is 0. The van der Waals surface area contributed by atoms with Crippen LogP contribution in [0, 0.1) is 58.7 Å². The van der Waals surface area contributed by atoms with E-state index in [-0.39, 0.29) is 0 Å². The minimum atomic E-state index is 0.550. The number of hydrogen-bond donors (Lipinski definition) is 0. The second kappa shape index (κ2) is 59.1. The number of rotatable bonds is 19. The second-order valence-corrected chi connectivity index (χ2v) is 23.8. The first-order valence-electron chi connectivity index (χ1n) is 30.2. The summed E-state index contributed by atoms with van der Waals surface area (Å²) >= 11 is 0. The van der Waals surface area contributed by atoms with Crippen molar-refractivity contribution in [3.05, 3.63) is 0 Å². The van der Waals surface area contributed by atoms with Gasteiger partial charge in [-0.2, -0.15) is 0 Å². The van der Waals surface area contributed by atoms with Gasteiger partial charge >= 0.3 is 0 Å². The van der Waals surface area contributed by atoms with Crippen molar-refractivity contribution in [2.75, 3.05) is 0 Å².